The maximum atomic E-state index is 11.6. The van der Waals surface area contributed by atoms with Crippen LogP contribution >= 0.6 is 0 Å². The quantitative estimate of drug-likeness (QED) is 0.566. The number of hydrogen-bond acceptors (Lipinski definition) is 4. The Morgan fingerprint density at radius 1 is 1.28 bits per heavy atom. The van der Waals surface area contributed by atoms with Crippen molar-refractivity contribution >= 4 is 5.97 Å². The highest BCUT2D eigenvalue weighted by atomic mass is 16.5. The molecule has 0 amide bonds. The third-order valence-electron chi connectivity index (χ3n) is 2.45. The highest BCUT2D eigenvalue weighted by Crippen LogP contribution is 2.02. The second kappa shape index (κ2) is 8.66. The Morgan fingerprint density at radius 2 is 2.00 bits per heavy atom. The topological polar surface area (TPSA) is 61.5 Å². The molecule has 0 radical (unpaired) electrons. The summed E-state index contributed by atoms with van der Waals surface area (Å²) in [7, 11) is 0. The van der Waals surface area contributed by atoms with Gasteiger partial charge < -0.3 is 15.2 Å². The van der Waals surface area contributed by atoms with Crippen molar-refractivity contribution in [3.8, 4) is 0 Å². The largest absolute Gasteiger partial charge is 0.460 e. The summed E-state index contributed by atoms with van der Waals surface area (Å²) in [6, 6.07) is 8.93. The van der Waals surface area contributed by atoms with Crippen molar-refractivity contribution in [2.45, 2.75) is 32.4 Å². The average Bonchev–Trinajstić information content (AvgIpc) is 2.42. The predicted molar refractivity (Wildman–Crippen MR) is 69.9 cm³/mol. The zero-order chi connectivity index (χ0) is 13.2. The van der Waals surface area contributed by atoms with Crippen LogP contribution in [0.1, 0.15) is 25.3 Å². The van der Waals surface area contributed by atoms with Gasteiger partial charge in [0.1, 0.15) is 12.6 Å². The first-order valence-corrected chi connectivity index (χ1v) is 6.28. The molecule has 18 heavy (non-hydrogen) atoms. The van der Waals surface area contributed by atoms with Gasteiger partial charge in [0.2, 0.25) is 0 Å². The lowest BCUT2D eigenvalue weighted by atomic mass is 10.2. The summed E-state index contributed by atoms with van der Waals surface area (Å²) in [5.41, 5.74) is 6.67. The molecule has 0 aliphatic carbocycles. The van der Waals surface area contributed by atoms with Gasteiger partial charge in [0, 0.05) is 13.2 Å². The molecule has 0 saturated carbocycles. The van der Waals surface area contributed by atoms with Crippen molar-refractivity contribution in [2.75, 3.05) is 13.2 Å². The van der Waals surface area contributed by atoms with E-state index in [0.29, 0.717) is 19.6 Å². The molecule has 1 atom stereocenters. The van der Waals surface area contributed by atoms with Crippen molar-refractivity contribution in [2.24, 2.45) is 5.73 Å². The lowest BCUT2D eigenvalue weighted by molar-refractivity contribution is -0.147. The summed E-state index contributed by atoms with van der Waals surface area (Å²) in [6.45, 7) is 3.50. The van der Waals surface area contributed by atoms with Crippen LogP contribution in [0.15, 0.2) is 30.3 Å². The van der Waals surface area contributed by atoms with Crippen molar-refractivity contribution in [1.29, 1.82) is 0 Å². The fourth-order valence-electron chi connectivity index (χ4n) is 1.41. The summed E-state index contributed by atoms with van der Waals surface area (Å²) in [5, 5.41) is 0. The number of nitrogens with two attached hydrogens (primary N) is 1. The SMILES string of the molecule is CCCOCC[C@H](N)C(=O)OCc1ccccc1. The van der Waals surface area contributed by atoms with Crippen LogP contribution in [-0.2, 0) is 20.9 Å². The summed E-state index contributed by atoms with van der Waals surface area (Å²) >= 11 is 0. The zero-order valence-electron chi connectivity index (χ0n) is 10.8. The average molecular weight is 251 g/mol. The molecule has 0 heterocycles. The Labute approximate surface area is 108 Å². The van der Waals surface area contributed by atoms with Crippen molar-refractivity contribution in [3.05, 3.63) is 35.9 Å². The van der Waals surface area contributed by atoms with Crippen LogP contribution in [0.3, 0.4) is 0 Å². The van der Waals surface area contributed by atoms with E-state index in [1.165, 1.54) is 0 Å². The van der Waals surface area contributed by atoms with Gasteiger partial charge in [0.25, 0.3) is 0 Å². The summed E-state index contributed by atoms with van der Waals surface area (Å²) < 4.78 is 10.4. The molecule has 4 heteroatoms. The summed E-state index contributed by atoms with van der Waals surface area (Å²) in [5.74, 6) is -0.376. The van der Waals surface area contributed by atoms with E-state index in [-0.39, 0.29) is 12.6 Å². The third-order valence-corrected chi connectivity index (χ3v) is 2.45. The van der Waals surface area contributed by atoms with Gasteiger partial charge in [0.05, 0.1) is 0 Å². The first-order chi connectivity index (χ1) is 8.74. The molecule has 0 aliphatic rings. The second-order valence-electron chi connectivity index (χ2n) is 4.10. The van der Waals surface area contributed by atoms with Crippen LogP contribution in [0.4, 0.5) is 0 Å². The molecule has 1 aromatic rings. The van der Waals surface area contributed by atoms with Crippen LogP contribution in [-0.4, -0.2) is 25.2 Å². The number of esters is 1. The van der Waals surface area contributed by atoms with E-state index in [2.05, 4.69) is 0 Å². The molecule has 0 spiro atoms. The minimum atomic E-state index is -0.606. The zero-order valence-corrected chi connectivity index (χ0v) is 10.8. The Hall–Kier alpha value is -1.39. The Morgan fingerprint density at radius 3 is 2.67 bits per heavy atom. The molecule has 1 rings (SSSR count). The maximum Gasteiger partial charge on any atom is 0.323 e. The van der Waals surface area contributed by atoms with Crippen LogP contribution in [0, 0.1) is 0 Å². The van der Waals surface area contributed by atoms with Gasteiger partial charge in [-0.1, -0.05) is 37.3 Å². The minimum Gasteiger partial charge on any atom is -0.460 e. The highest BCUT2D eigenvalue weighted by molar-refractivity contribution is 5.75. The molecule has 0 bridgehead atoms. The normalized spacial score (nSPS) is 12.1. The van der Waals surface area contributed by atoms with E-state index in [0.717, 1.165) is 12.0 Å². The molecule has 100 valence electrons. The molecule has 0 fully saturated rings. The third kappa shape index (κ3) is 5.80. The molecule has 0 unspecified atom stereocenters. The molecular weight excluding hydrogens is 230 g/mol. The van der Waals surface area contributed by atoms with Gasteiger partial charge in [-0.2, -0.15) is 0 Å². The van der Waals surface area contributed by atoms with Gasteiger partial charge in [-0.25, -0.2) is 0 Å². The van der Waals surface area contributed by atoms with E-state index < -0.39 is 6.04 Å². The second-order valence-corrected chi connectivity index (χ2v) is 4.10. The molecule has 1 aromatic carbocycles. The van der Waals surface area contributed by atoms with Crippen LogP contribution in [0.25, 0.3) is 0 Å². The lowest BCUT2D eigenvalue weighted by Gasteiger charge is -2.11. The fourth-order valence-corrected chi connectivity index (χ4v) is 1.41. The first-order valence-electron chi connectivity index (χ1n) is 6.28. The van der Waals surface area contributed by atoms with Crippen molar-refractivity contribution in [3.63, 3.8) is 0 Å². The Bertz CT molecular complexity index is 340. The van der Waals surface area contributed by atoms with Gasteiger partial charge in [-0.15, -0.1) is 0 Å². The number of carbonyl (C=O) groups excluding carboxylic acids is 1. The first kappa shape index (κ1) is 14.7. The highest BCUT2D eigenvalue weighted by Gasteiger charge is 2.14. The van der Waals surface area contributed by atoms with Crippen molar-refractivity contribution < 1.29 is 14.3 Å². The van der Waals surface area contributed by atoms with E-state index in [1.807, 2.05) is 37.3 Å². The number of hydrogen-bond donors (Lipinski definition) is 1. The van der Waals surface area contributed by atoms with Crippen LogP contribution in [0.5, 0.6) is 0 Å². The smallest absolute Gasteiger partial charge is 0.323 e. The van der Waals surface area contributed by atoms with E-state index >= 15 is 0 Å². The fraction of sp³-hybridized carbons (Fsp3) is 0.500. The number of carbonyl (C=O) groups is 1. The molecule has 0 aliphatic heterocycles. The molecule has 4 nitrogen and oxygen atoms in total. The van der Waals surface area contributed by atoms with Gasteiger partial charge in [-0.3, -0.25) is 4.79 Å². The predicted octanol–water partition coefficient (Wildman–Crippen LogP) is 1.87. The maximum absolute atomic E-state index is 11.6. The van der Waals surface area contributed by atoms with E-state index in [1.54, 1.807) is 0 Å². The number of rotatable bonds is 8. The lowest BCUT2D eigenvalue weighted by Crippen LogP contribution is -2.33. The van der Waals surface area contributed by atoms with Crippen LogP contribution in [0.2, 0.25) is 0 Å². The van der Waals surface area contributed by atoms with Gasteiger partial charge >= 0.3 is 5.97 Å². The Kier molecular flexibility index (Phi) is 7.06. The number of benzene rings is 1. The molecule has 2 N–H and O–H groups in total. The monoisotopic (exact) mass is 251 g/mol. The van der Waals surface area contributed by atoms with Crippen molar-refractivity contribution in [1.82, 2.24) is 0 Å². The summed E-state index contributed by atoms with van der Waals surface area (Å²) in [6.07, 6.45) is 1.46. The molecular formula is C14H21NO3. The van der Waals surface area contributed by atoms with E-state index in [9.17, 15) is 4.79 Å². The van der Waals surface area contributed by atoms with Gasteiger partial charge in [0.15, 0.2) is 0 Å². The number of ether oxygens (including phenoxy) is 2. The standard InChI is InChI=1S/C14H21NO3/c1-2-9-17-10-8-13(15)14(16)18-11-12-6-4-3-5-7-12/h3-7,13H,2,8-11,15H2,1H3/t13-/m0/s1. The van der Waals surface area contributed by atoms with Crippen LogP contribution < -0.4 is 5.73 Å². The Balaban J connectivity index is 2.19. The molecule has 0 aromatic heterocycles. The van der Waals surface area contributed by atoms with E-state index in [4.69, 9.17) is 15.2 Å². The minimum absolute atomic E-state index is 0.267. The molecule has 0 saturated heterocycles. The summed E-state index contributed by atoms with van der Waals surface area (Å²) in [4.78, 5) is 11.6. The van der Waals surface area contributed by atoms with Gasteiger partial charge in [-0.05, 0) is 18.4 Å².